The Bertz CT molecular complexity index is 451. The Labute approximate surface area is 138 Å². The Morgan fingerprint density at radius 3 is 2.91 bits per heavy atom. The quantitative estimate of drug-likeness (QED) is 0.753. The summed E-state index contributed by atoms with van der Waals surface area (Å²) in [6, 6.07) is 7.50. The molecule has 6 heteroatoms. The van der Waals surface area contributed by atoms with Gasteiger partial charge in [0.25, 0.3) is 0 Å². The number of carbonyl (C=O) groups excluding carboxylic acids is 1. The normalized spacial score (nSPS) is 17.2. The van der Waals surface area contributed by atoms with Crippen molar-refractivity contribution in [2.45, 2.75) is 31.7 Å². The number of benzene rings is 1. The molecule has 124 valence electrons. The molecule has 0 bridgehead atoms. The smallest absolute Gasteiger partial charge is 0.237 e. The topological polar surface area (TPSA) is 59.6 Å². The predicted molar refractivity (Wildman–Crippen MR) is 89.0 cm³/mol. The lowest BCUT2D eigenvalue weighted by Crippen LogP contribution is -2.46. The third-order valence-corrected chi connectivity index (χ3v) is 3.56. The molecule has 1 amide bonds. The maximum Gasteiger partial charge on any atom is 0.237 e. The molecule has 0 aromatic heterocycles. The number of carbonyl (C=O) groups is 1. The van der Waals surface area contributed by atoms with E-state index in [9.17, 15) is 4.79 Å². The summed E-state index contributed by atoms with van der Waals surface area (Å²) in [6.07, 6.45) is 4.02. The van der Waals surface area contributed by atoms with Gasteiger partial charge in [0, 0.05) is 12.6 Å². The number of amides is 1. The van der Waals surface area contributed by atoms with Crippen molar-refractivity contribution in [1.82, 2.24) is 10.6 Å². The van der Waals surface area contributed by atoms with Crippen molar-refractivity contribution in [2.24, 2.45) is 0 Å². The lowest BCUT2D eigenvalue weighted by Gasteiger charge is -2.22. The van der Waals surface area contributed by atoms with Crippen molar-refractivity contribution in [3.63, 3.8) is 0 Å². The molecule has 0 aliphatic carbocycles. The molecule has 1 atom stereocenters. The monoisotopic (exact) mass is 328 g/mol. The fourth-order valence-electron chi connectivity index (χ4n) is 2.36. The van der Waals surface area contributed by atoms with E-state index in [0.29, 0.717) is 13.2 Å². The van der Waals surface area contributed by atoms with Crippen molar-refractivity contribution in [3.05, 3.63) is 24.3 Å². The number of rotatable bonds is 7. The predicted octanol–water partition coefficient (Wildman–Crippen LogP) is 2.14. The highest BCUT2D eigenvalue weighted by Gasteiger charge is 2.19. The molecular formula is C16H25ClN2O3. The molecule has 1 aliphatic rings. The SMILES string of the molecule is COc1cccc(OCCCNC(=O)[C@@H]2CCCCN2)c1.Cl. The summed E-state index contributed by atoms with van der Waals surface area (Å²) in [6.45, 7) is 2.16. The van der Waals surface area contributed by atoms with Crippen LogP contribution in [0.25, 0.3) is 0 Å². The van der Waals surface area contributed by atoms with Crippen molar-refractivity contribution in [3.8, 4) is 11.5 Å². The maximum atomic E-state index is 11.9. The summed E-state index contributed by atoms with van der Waals surface area (Å²) >= 11 is 0. The van der Waals surface area contributed by atoms with E-state index in [4.69, 9.17) is 9.47 Å². The molecule has 0 saturated carbocycles. The van der Waals surface area contributed by atoms with Gasteiger partial charge in [-0.15, -0.1) is 12.4 Å². The van der Waals surface area contributed by atoms with Crippen LogP contribution in [0.15, 0.2) is 24.3 Å². The van der Waals surface area contributed by atoms with Crippen molar-refractivity contribution >= 4 is 18.3 Å². The molecule has 0 radical (unpaired) electrons. The van der Waals surface area contributed by atoms with E-state index in [1.54, 1.807) is 7.11 Å². The number of hydrogen-bond donors (Lipinski definition) is 2. The second kappa shape index (κ2) is 10.3. The highest BCUT2D eigenvalue weighted by molar-refractivity contribution is 5.85. The molecule has 1 aromatic rings. The van der Waals surface area contributed by atoms with Crippen LogP contribution < -0.4 is 20.1 Å². The minimum absolute atomic E-state index is 0. The first-order valence-corrected chi connectivity index (χ1v) is 7.57. The lowest BCUT2D eigenvalue weighted by molar-refractivity contribution is -0.123. The third-order valence-electron chi connectivity index (χ3n) is 3.56. The number of piperidine rings is 1. The van der Waals surface area contributed by atoms with Gasteiger partial charge in [-0.3, -0.25) is 4.79 Å². The average molecular weight is 329 g/mol. The van der Waals surface area contributed by atoms with Crippen LogP contribution in [0.5, 0.6) is 11.5 Å². The van der Waals surface area contributed by atoms with Gasteiger partial charge in [0.15, 0.2) is 0 Å². The Morgan fingerprint density at radius 2 is 2.18 bits per heavy atom. The summed E-state index contributed by atoms with van der Waals surface area (Å²) < 4.78 is 10.8. The molecule has 1 aromatic carbocycles. The van der Waals surface area contributed by atoms with Crippen LogP contribution in [0.4, 0.5) is 0 Å². The first kappa shape index (κ1) is 18.6. The van der Waals surface area contributed by atoms with E-state index in [1.165, 1.54) is 0 Å². The number of ether oxygens (including phenoxy) is 2. The number of halogens is 1. The largest absolute Gasteiger partial charge is 0.497 e. The fourth-order valence-corrected chi connectivity index (χ4v) is 2.36. The Morgan fingerprint density at radius 1 is 1.36 bits per heavy atom. The third kappa shape index (κ3) is 6.12. The number of nitrogens with one attached hydrogen (secondary N) is 2. The summed E-state index contributed by atoms with van der Waals surface area (Å²) in [7, 11) is 1.63. The zero-order valence-corrected chi connectivity index (χ0v) is 13.8. The molecule has 22 heavy (non-hydrogen) atoms. The van der Waals surface area contributed by atoms with Crippen LogP contribution >= 0.6 is 12.4 Å². The van der Waals surface area contributed by atoms with Crippen molar-refractivity contribution < 1.29 is 14.3 Å². The van der Waals surface area contributed by atoms with Gasteiger partial charge < -0.3 is 20.1 Å². The minimum Gasteiger partial charge on any atom is -0.497 e. The minimum atomic E-state index is -0.0157. The van der Waals surface area contributed by atoms with Crippen LogP contribution in [-0.2, 0) is 4.79 Å². The highest BCUT2D eigenvalue weighted by Crippen LogP contribution is 2.18. The van der Waals surface area contributed by atoms with E-state index in [2.05, 4.69) is 10.6 Å². The Hall–Kier alpha value is -1.46. The van der Waals surface area contributed by atoms with E-state index in [1.807, 2.05) is 24.3 Å². The lowest BCUT2D eigenvalue weighted by atomic mass is 10.0. The zero-order chi connectivity index (χ0) is 14.9. The maximum absolute atomic E-state index is 11.9. The first-order chi connectivity index (χ1) is 10.3. The summed E-state index contributed by atoms with van der Waals surface area (Å²) in [5.74, 6) is 1.68. The van der Waals surface area contributed by atoms with Gasteiger partial charge in [0.05, 0.1) is 19.8 Å². The van der Waals surface area contributed by atoms with Gasteiger partial charge in [-0.25, -0.2) is 0 Å². The molecule has 0 spiro atoms. The van der Waals surface area contributed by atoms with Crippen LogP contribution in [0.1, 0.15) is 25.7 Å². The molecular weight excluding hydrogens is 304 g/mol. The van der Waals surface area contributed by atoms with Gasteiger partial charge in [-0.2, -0.15) is 0 Å². The average Bonchev–Trinajstić information content (AvgIpc) is 2.55. The molecule has 1 fully saturated rings. The summed E-state index contributed by atoms with van der Waals surface area (Å²) in [5, 5.41) is 6.20. The first-order valence-electron chi connectivity index (χ1n) is 7.57. The van der Waals surface area contributed by atoms with E-state index in [-0.39, 0.29) is 24.4 Å². The Balaban J connectivity index is 0.00000242. The van der Waals surface area contributed by atoms with E-state index in [0.717, 1.165) is 43.7 Å². The molecule has 2 N–H and O–H groups in total. The molecule has 2 rings (SSSR count). The second-order valence-corrected chi connectivity index (χ2v) is 5.17. The fraction of sp³-hybridized carbons (Fsp3) is 0.562. The number of hydrogen-bond acceptors (Lipinski definition) is 4. The highest BCUT2D eigenvalue weighted by atomic mass is 35.5. The molecule has 1 heterocycles. The van der Waals surface area contributed by atoms with Gasteiger partial charge in [0.2, 0.25) is 5.91 Å². The number of methoxy groups -OCH3 is 1. The van der Waals surface area contributed by atoms with Crippen LogP contribution in [0, 0.1) is 0 Å². The summed E-state index contributed by atoms with van der Waals surface area (Å²) in [4.78, 5) is 11.9. The molecule has 5 nitrogen and oxygen atoms in total. The van der Waals surface area contributed by atoms with E-state index < -0.39 is 0 Å². The van der Waals surface area contributed by atoms with Crippen LogP contribution in [0.2, 0.25) is 0 Å². The van der Waals surface area contributed by atoms with Gasteiger partial charge in [0.1, 0.15) is 11.5 Å². The molecule has 0 unspecified atom stereocenters. The van der Waals surface area contributed by atoms with Crippen molar-refractivity contribution in [2.75, 3.05) is 26.8 Å². The van der Waals surface area contributed by atoms with Crippen LogP contribution in [0.3, 0.4) is 0 Å². The van der Waals surface area contributed by atoms with Gasteiger partial charge in [-0.1, -0.05) is 12.5 Å². The molecule has 1 saturated heterocycles. The standard InChI is InChI=1S/C16H24N2O3.ClH/c1-20-13-6-4-7-14(12-13)21-11-5-10-18-16(19)15-8-2-3-9-17-15;/h4,6-7,12,15,17H,2-3,5,8-11H2,1H3,(H,18,19);1H/t15-;/m0./s1. The summed E-state index contributed by atoms with van der Waals surface area (Å²) in [5.41, 5.74) is 0. The second-order valence-electron chi connectivity index (χ2n) is 5.17. The molecule has 1 aliphatic heterocycles. The van der Waals surface area contributed by atoms with Gasteiger partial charge in [-0.05, 0) is 37.9 Å². The van der Waals surface area contributed by atoms with E-state index >= 15 is 0 Å². The van der Waals surface area contributed by atoms with Crippen molar-refractivity contribution in [1.29, 1.82) is 0 Å². The Kier molecular flexibility index (Phi) is 8.70. The van der Waals surface area contributed by atoms with Crippen LogP contribution in [-0.4, -0.2) is 38.8 Å². The van der Waals surface area contributed by atoms with Gasteiger partial charge >= 0.3 is 0 Å². The zero-order valence-electron chi connectivity index (χ0n) is 13.0.